The van der Waals surface area contributed by atoms with E-state index in [-0.39, 0.29) is 0 Å². The van der Waals surface area contributed by atoms with Gasteiger partial charge < -0.3 is 4.74 Å². The molecule has 0 amide bonds. The quantitative estimate of drug-likeness (QED) is 0.831. The van der Waals surface area contributed by atoms with E-state index >= 15 is 0 Å². The fourth-order valence-corrected chi connectivity index (χ4v) is 3.26. The van der Waals surface area contributed by atoms with Gasteiger partial charge in [0.1, 0.15) is 10.7 Å². The minimum absolute atomic E-state index is 0.418. The maximum Gasteiger partial charge on any atom is 0.178 e. The third-order valence-electron chi connectivity index (χ3n) is 4.01. The zero-order valence-corrected chi connectivity index (χ0v) is 10.6. The molecule has 1 spiro atoms. The van der Waals surface area contributed by atoms with Gasteiger partial charge in [0.05, 0.1) is 25.6 Å². The number of aromatic nitrogens is 4. The van der Waals surface area contributed by atoms with Crippen LogP contribution >= 0.6 is 11.6 Å². The van der Waals surface area contributed by atoms with Crippen LogP contribution in [-0.4, -0.2) is 33.0 Å². The Morgan fingerprint density at radius 2 is 2.22 bits per heavy atom. The van der Waals surface area contributed by atoms with Crippen molar-refractivity contribution in [3.8, 4) is 0 Å². The van der Waals surface area contributed by atoms with Gasteiger partial charge in [-0.15, -0.1) is 0 Å². The number of halogens is 1. The van der Waals surface area contributed by atoms with Gasteiger partial charge in [-0.1, -0.05) is 11.6 Å². The molecular weight excluding hydrogens is 252 g/mol. The van der Waals surface area contributed by atoms with Crippen molar-refractivity contribution in [2.75, 3.05) is 13.2 Å². The fourth-order valence-electron chi connectivity index (χ4n) is 3.13. The summed E-state index contributed by atoms with van der Waals surface area (Å²) in [5.74, 6) is 0.679. The van der Waals surface area contributed by atoms with E-state index in [4.69, 9.17) is 16.3 Å². The summed E-state index contributed by atoms with van der Waals surface area (Å²) in [7, 11) is 0. The lowest BCUT2D eigenvalue weighted by molar-refractivity contribution is -0.181. The van der Waals surface area contributed by atoms with E-state index < -0.39 is 0 Å². The molecule has 2 aromatic rings. The molecule has 0 bridgehead atoms. The van der Waals surface area contributed by atoms with E-state index in [2.05, 4.69) is 15.1 Å². The van der Waals surface area contributed by atoms with Crippen LogP contribution in [0.2, 0.25) is 5.15 Å². The molecule has 1 saturated heterocycles. The first-order valence-corrected chi connectivity index (χ1v) is 6.54. The van der Waals surface area contributed by atoms with Crippen molar-refractivity contribution >= 4 is 22.8 Å². The number of rotatable bonds is 2. The molecule has 3 heterocycles. The number of nitrogens with zero attached hydrogens (tertiary/aromatic N) is 4. The summed E-state index contributed by atoms with van der Waals surface area (Å²) in [5, 5.41) is 4.77. The third kappa shape index (κ3) is 1.54. The summed E-state index contributed by atoms with van der Waals surface area (Å²) in [6.07, 6.45) is 5.78. The smallest absolute Gasteiger partial charge is 0.178 e. The lowest BCUT2D eigenvalue weighted by atomic mass is 9.61. The summed E-state index contributed by atoms with van der Waals surface area (Å²) in [5.41, 5.74) is 2.09. The van der Waals surface area contributed by atoms with Gasteiger partial charge in [-0.25, -0.2) is 14.6 Å². The highest BCUT2D eigenvalue weighted by Gasteiger charge is 2.49. The monoisotopic (exact) mass is 264 g/mol. The minimum atomic E-state index is 0.418. The first-order chi connectivity index (χ1) is 8.74. The molecule has 5 nitrogen and oxygen atoms in total. The van der Waals surface area contributed by atoms with Crippen LogP contribution in [0.3, 0.4) is 0 Å². The van der Waals surface area contributed by atoms with E-state index in [1.165, 1.54) is 12.8 Å². The Hall–Kier alpha value is -1.20. The molecule has 1 aliphatic carbocycles. The normalized spacial score (nSPS) is 22.1. The van der Waals surface area contributed by atoms with Gasteiger partial charge in [0.15, 0.2) is 5.65 Å². The van der Waals surface area contributed by atoms with Crippen molar-refractivity contribution in [2.24, 2.45) is 11.3 Å². The van der Waals surface area contributed by atoms with Gasteiger partial charge in [0.2, 0.25) is 0 Å². The lowest BCUT2D eigenvalue weighted by Gasteiger charge is -2.53. The first kappa shape index (κ1) is 10.7. The van der Waals surface area contributed by atoms with Crippen molar-refractivity contribution in [3.63, 3.8) is 0 Å². The molecule has 2 aromatic heterocycles. The van der Waals surface area contributed by atoms with Crippen LogP contribution < -0.4 is 0 Å². The third-order valence-corrected chi connectivity index (χ3v) is 4.19. The maximum absolute atomic E-state index is 5.88. The molecule has 6 heteroatoms. The molecule has 2 fully saturated rings. The van der Waals surface area contributed by atoms with Crippen LogP contribution in [0.25, 0.3) is 11.2 Å². The average molecular weight is 265 g/mol. The molecule has 18 heavy (non-hydrogen) atoms. The Balaban J connectivity index is 1.54. The van der Waals surface area contributed by atoms with Crippen LogP contribution in [0.15, 0.2) is 12.4 Å². The second kappa shape index (κ2) is 3.65. The van der Waals surface area contributed by atoms with Crippen LogP contribution in [0.4, 0.5) is 0 Å². The highest BCUT2D eigenvalue weighted by atomic mass is 35.5. The number of hydrogen-bond acceptors (Lipinski definition) is 4. The second-order valence-corrected chi connectivity index (χ2v) is 5.88. The van der Waals surface area contributed by atoms with Crippen molar-refractivity contribution in [1.82, 2.24) is 19.7 Å². The van der Waals surface area contributed by atoms with Crippen LogP contribution in [0.5, 0.6) is 0 Å². The Morgan fingerprint density at radius 3 is 2.94 bits per heavy atom. The minimum Gasteiger partial charge on any atom is -0.380 e. The average Bonchev–Trinajstić information content (AvgIpc) is 2.63. The summed E-state index contributed by atoms with van der Waals surface area (Å²) in [6.45, 7) is 2.78. The second-order valence-electron chi connectivity index (χ2n) is 5.50. The zero-order valence-electron chi connectivity index (χ0n) is 9.84. The van der Waals surface area contributed by atoms with Gasteiger partial charge in [-0.2, -0.15) is 5.10 Å². The van der Waals surface area contributed by atoms with Crippen LogP contribution in [0, 0.1) is 11.3 Å². The highest BCUT2D eigenvalue weighted by molar-refractivity contribution is 6.29. The molecule has 1 aliphatic heterocycles. The van der Waals surface area contributed by atoms with E-state index in [1.807, 2.05) is 4.68 Å². The standard InChI is InChI=1S/C12H13ClN4O/c13-10-4-14-9-3-15-17(11(9)16-10)5-8-1-12(2-8)6-18-7-12/h3-4,8H,1-2,5-7H2. The largest absolute Gasteiger partial charge is 0.380 e. The number of ether oxygens (including phenoxy) is 1. The van der Waals surface area contributed by atoms with Gasteiger partial charge in [-0.05, 0) is 18.8 Å². The van der Waals surface area contributed by atoms with Crippen LogP contribution in [-0.2, 0) is 11.3 Å². The molecule has 94 valence electrons. The molecule has 0 unspecified atom stereocenters. The van der Waals surface area contributed by atoms with Gasteiger partial charge in [0.25, 0.3) is 0 Å². The topological polar surface area (TPSA) is 52.8 Å². The SMILES string of the molecule is Clc1cnc2cnn(CC3CC4(COC4)C3)c2n1. The summed E-state index contributed by atoms with van der Waals surface area (Å²) in [4.78, 5) is 8.51. The predicted octanol–water partition coefficient (Wildman–Crippen LogP) is 1.91. The van der Waals surface area contributed by atoms with Crippen LogP contribution in [0.1, 0.15) is 12.8 Å². The molecule has 1 saturated carbocycles. The van der Waals surface area contributed by atoms with E-state index in [1.54, 1.807) is 12.4 Å². The molecule has 4 rings (SSSR count). The summed E-state index contributed by atoms with van der Waals surface area (Å²) < 4.78 is 7.21. The molecule has 0 radical (unpaired) electrons. The molecular formula is C12H13ClN4O. The molecule has 0 aromatic carbocycles. The summed E-state index contributed by atoms with van der Waals surface area (Å²) >= 11 is 5.88. The van der Waals surface area contributed by atoms with Crippen molar-refractivity contribution in [2.45, 2.75) is 19.4 Å². The lowest BCUT2D eigenvalue weighted by Crippen LogP contribution is -2.53. The molecule has 0 N–H and O–H groups in total. The highest BCUT2D eigenvalue weighted by Crippen LogP contribution is 2.51. The van der Waals surface area contributed by atoms with Crippen molar-refractivity contribution < 1.29 is 4.74 Å². The molecule has 2 aliphatic rings. The van der Waals surface area contributed by atoms with E-state index in [0.29, 0.717) is 16.5 Å². The van der Waals surface area contributed by atoms with Gasteiger partial charge in [0, 0.05) is 12.0 Å². The Labute approximate surface area is 109 Å². The van der Waals surface area contributed by atoms with E-state index in [9.17, 15) is 0 Å². The maximum atomic E-state index is 5.88. The zero-order chi connectivity index (χ0) is 12.2. The first-order valence-electron chi connectivity index (χ1n) is 6.16. The van der Waals surface area contributed by atoms with Crippen molar-refractivity contribution in [1.29, 1.82) is 0 Å². The van der Waals surface area contributed by atoms with Gasteiger partial charge >= 0.3 is 0 Å². The Kier molecular flexibility index (Phi) is 2.17. The number of hydrogen-bond donors (Lipinski definition) is 0. The summed E-state index contributed by atoms with van der Waals surface area (Å²) in [6, 6.07) is 0. The van der Waals surface area contributed by atoms with E-state index in [0.717, 1.165) is 30.9 Å². The van der Waals surface area contributed by atoms with Crippen molar-refractivity contribution in [3.05, 3.63) is 17.5 Å². The number of fused-ring (bicyclic) bond motifs is 1. The predicted molar refractivity (Wildman–Crippen MR) is 66.3 cm³/mol. The Bertz CT molecular complexity index is 599. The fraction of sp³-hybridized carbons (Fsp3) is 0.583. The molecule has 0 atom stereocenters. The van der Waals surface area contributed by atoms with Gasteiger partial charge in [-0.3, -0.25) is 0 Å². The Morgan fingerprint density at radius 1 is 1.39 bits per heavy atom.